The van der Waals surface area contributed by atoms with Crippen LogP contribution < -0.4 is 19.5 Å². The summed E-state index contributed by atoms with van der Waals surface area (Å²) in [7, 11) is 1.67. The fourth-order valence-electron chi connectivity index (χ4n) is 5.96. The molecule has 1 saturated carbocycles. The predicted octanol–water partition coefficient (Wildman–Crippen LogP) is 7.64. The summed E-state index contributed by atoms with van der Waals surface area (Å²) in [6, 6.07) is 20.1. The van der Waals surface area contributed by atoms with E-state index in [0.29, 0.717) is 52.6 Å². The molecular weight excluding hydrogens is 721 g/mol. The van der Waals surface area contributed by atoms with Crippen molar-refractivity contribution in [2.45, 2.75) is 58.2 Å². The Morgan fingerprint density at radius 1 is 0.925 bits per heavy atom. The third-order valence-corrected chi connectivity index (χ3v) is 9.26. The highest BCUT2D eigenvalue weighted by molar-refractivity contribution is 6.37. The van der Waals surface area contributed by atoms with Gasteiger partial charge in [0.25, 0.3) is 0 Å². The fourth-order valence-corrected chi connectivity index (χ4v) is 6.66. The van der Waals surface area contributed by atoms with E-state index < -0.39 is 12.0 Å². The molecule has 1 heterocycles. The topological polar surface area (TPSA) is 140 Å². The average molecular weight is 767 g/mol. The number of benzene rings is 3. The van der Waals surface area contributed by atoms with Gasteiger partial charge in [0.2, 0.25) is 5.91 Å². The lowest BCUT2D eigenvalue weighted by atomic mass is 9.97. The first-order valence-corrected chi connectivity index (χ1v) is 18.3. The summed E-state index contributed by atoms with van der Waals surface area (Å²) < 4.78 is 22.9. The van der Waals surface area contributed by atoms with E-state index in [-0.39, 0.29) is 44.1 Å². The van der Waals surface area contributed by atoms with Crippen LogP contribution in [-0.2, 0) is 35.5 Å². The number of rotatable bonds is 20. The number of methoxy groups -OCH3 is 1. The number of nitrogens with zero attached hydrogens (tertiary/aromatic N) is 2. The van der Waals surface area contributed by atoms with Crippen LogP contribution in [0.1, 0.15) is 47.2 Å². The zero-order valence-electron chi connectivity index (χ0n) is 29.9. The molecule has 1 unspecified atom stereocenters. The van der Waals surface area contributed by atoms with Gasteiger partial charge in [-0.15, -0.1) is 0 Å². The Bertz CT molecular complexity index is 1810. The molecule has 282 valence electrons. The van der Waals surface area contributed by atoms with Gasteiger partial charge in [-0.25, -0.2) is 4.79 Å². The van der Waals surface area contributed by atoms with Gasteiger partial charge in [-0.05, 0) is 110 Å². The van der Waals surface area contributed by atoms with Crippen LogP contribution in [0.5, 0.6) is 23.0 Å². The SMILES string of the molecule is COCCCc1cc(CN(C(=O)C(CNC(=O)O)Cc2ccc(OCCOc3c(Cl)cc(C)cc3Cl)cc2)C2CC2)cc(OCc2ncccc2O)c1. The number of amides is 2. The van der Waals surface area contributed by atoms with Gasteiger partial charge in [0, 0.05) is 39.0 Å². The van der Waals surface area contributed by atoms with Gasteiger partial charge in [0.15, 0.2) is 5.75 Å². The zero-order valence-corrected chi connectivity index (χ0v) is 31.4. The maximum atomic E-state index is 14.3. The van der Waals surface area contributed by atoms with Crippen LogP contribution in [0.25, 0.3) is 0 Å². The number of nitrogens with one attached hydrogen (secondary N) is 1. The highest BCUT2D eigenvalue weighted by Gasteiger charge is 2.36. The first-order valence-electron chi connectivity index (χ1n) is 17.5. The predicted molar refractivity (Wildman–Crippen MR) is 202 cm³/mol. The summed E-state index contributed by atoms with van der Waals surface area (Å²) in [5.41, 5.74) is 4.14. The Kier molecular flexibility index (Phi) is 14.5. The molecule has 5 rings (SSSR count). The van der Waals surface area contributed by atoms with Gasteiger partial charge < -0.3 is 39.4 Å². The van der Waals surface area contributed by atoms with E-state index in [2.05, 4.69) is 16.4 Å². The lowest BCUT2D eigenvalue weighted by molar-refractivity contribution is -0.136. The largest absolute Gasteiger partial charge is 0.506 e. The van der Waals surface area contributed by atoms with Crippen LogP contribution in [0.3, 0.4) is 0 Å². The molecule has 2 amide bonds. The number of hydrogen-bond acceptors (Lipinski definition) is 8. The van der Waals surface area contributed by atoms with Crippen molar-refractivity contribution in [3.63, 3.8) is 0 Å². The summed E-state index contributed by atoms with van der Waals surface area (Å²) in [5.74, 6) is 0.920. The minimum absolute atomic E-state index is 0.0317. The van der Waals surface area contributed by atoms with Crippen LogP contribution in [0.2, 0.25) is 10.0 Å². The molecule has 0 bridgehead atoms. The van der Waals surface area contributed by atoms with E-state index in [1.165, 1.54) is 0 Å². The molecule has 3 N–H and O–H groups in total. The van der Waals surface area contributed by atoms with Gasteiger partial charge in [0.1, 0.15) is 42.8 Å². The number of ether oxygens (including phenoxy) is 4. The third-order valence-electron chi connectivity index (χ3n) is 8.70. The lowest BCUT2D eigenvalue weighted by Gasteiger charge is -2.28. The van der Waals surface area contributed by atoms with E-state index in [1.807, 2.05) is 48.2 Å². The van der Waals surface area contributed by atoms with Crippen LogP contribution in [0.15, 0.2) is 72.9 Å². The Balaban J connectivity index is 1.25. The quantitative estimate of drug-likeness (QED) is 0.0775. The summed E-state index contributed by atoms with van der Waals surface area (Å²) in [6.07, 6.45) is 4.04. The fraction of sp³-hybridized carbons (Fsp3) is 0.375. The Morgan fingerprint density at radius 2 is 1.64 bits per heavy atom. The normalized spacial score (nSPS) is 12.9. The van der Waals surface area contributed by atoms with Gasteiger partial charge in [-0.3, -0.25) is 9.78 Å². The molecule has 0 spiro atoms. The van der Waals surface area contributed by atoms with Crippen LogP contribution in [-0.4, -0.2) is 71.6 Å². The molecule has 1 aliphatic carbocycles. The molecule has 13 heteroatoms. The number of halogens is 2. The highest BCUT2D eigenvalue weighted by atomic mass is 35.5. The van der Waals surface area contributed by atoms with Crippen molar-refractivity contribution in [3.8, 4) is 23.0 Å². The molecule has 0 aliphatic heterocycles. The van der Waals surface area contributed by atoms with Crippen molar-refractivity contribution in [3.05, 3.63) is 111 Å². The van der Waals surface area contributed by atoms with Gasteiger partial charge in [-0.1, -0.05) is 41.4 Å². The lowest BCUT2D eigenvalue weighted by Crippen LogP contribution is -2.43. The summed E-state index contributed by atoms with van der Waals surface area (Å²) in [5, 5.41) is 22.9. The maximum absolute atomic E-state index is 14.3. The molecule has 1 fully saturated rings. The Hall–Kier alpha value is -4.71. The number of pyridine rings is 1. The van der Waals surface area contributed by atoms with Crippen LogP contribution in [0, 0.1) is 12.8 Å². The number of carbonyl (C=O) groups excluding carboxylic acids is 1. The standard InChI is InChI=1S/C40H45Cl2N3O8/c1-26-17-34(41)38(35(42)18-26)52-16-15-51-32-11-7-27(8-12-32)20-30(23-44-40(48)49)39(47)45(31-9-10-31)24-29-19-28(5-4-14-50-2)21-33(22-29)53-25-36-37(46)6-3-13-43-36/h3,6-8,11-13,17-19,21-22,30-31,44,46H,4-5,9-10,14-16,20,23-25H2,1-2H3,(H,48,49). The van der Waals surface area contributed by atoms with Crippen LogP contribution in [0.4, 0.5) is 4.79 Å². The van der Waals surface area contributed by atoms with Crippen molar-refractivity contribution < 1.29 is 38.7 Å². The van der Waals surface area contributed by atoms with Crippen molar-refractivity contribution in [1.82, 2.24) is 15.2 Å². The zero-order chi connectivity index (χ0) is 37.7. The van der Waals surface area contributed by atoms with Gasteiger partial charge in [0.05, 0.1) is 16.0 Å². The molecular formula is C40H45Cl2N3O8. The molecule has 0 saturated heterocycles. The van der Waals surface area contributed by atoms with E-state index >= 15 is 0 Å². The Labute approximate surface area is 319 Å². The monoisotopic (exact) mass is 765 g/mol. The van der Waals surface area contributed by atoms with Crippen molar-refractivity contribution in [2.75, 3.05) is 33.5 Å². The summed E-state index contributed by atoms with van der Waals surface area (Å²) in [6.45, 7) is 3.38. The minimum Gasteiger partial charge on any atom is -0.506 e. The first kappa shape index (κ1) is 39.5. The molecule has 1 atom stereocenters. The van der Waals surface area contributed by atoms with E-state index in [9.17, 15) is 19.8 Å². The van der Waals surface area contributed by atoms with E-state index in [1.54, 1.807) is 37.6 Å². The van der Waals surface area contributed by atoms with E-state index in [0.717, 1.165) is 47.9 Å². The molecule has 1 aromatic heterocycles. The molecule has 4 aromatic rings. The smallest absolute Gasteiger partial charge is 0.404 e. The molecule has 3 aromatic carbocycles. The number of aryl methyl sites for hydroxylation is 2. The minimum atomic E-state index is -1.19. The maximum Gasteiger partial charge on any atom is 0.404 e. The second kappa shape index (κ2) is 19.4. The molecule has 1 aliphatic rings. The summed E-state index contributed by atoms with van der Waals surface area (Å²) >= 11 is 12.5. The van der Waals surface area contributed by atoms with Gasteiger partial charge >= 0.3 is 6.09 Å². The van der Waals surface area contributed by atoms with Crippen molar-refractivity contribution in [2.24, 2.45) is 5.92 Å². The van der Waals surface area contributed by atoms with Crippen LogP contribution >= 0.6 is 23.2 Å². The number of carbonyl (C=O) groups is 2. The second-order valence-corrected chi connectivity index (χ2v) is 13.8. The Morgan fingerprint density at radius 3 is 2.32 bits per heavy atom. The van der Waals surface area contributed by atoms with Gasteiger partial charge in [-0.2, -0.15) is 0 Å². The van der Waals surface area contributed by atoms with Crippen molar-refractivity contribution in [1.29, 1.82) is 0 Å². The second-order valence-electron chi connectivity index (χ2n) is 13.0. The average Bonchev–Trinajstić information content (AvgIpc) is 3.97. The first-order chi connectivity index (χ1) is 25.6. The molecule has 0 radical (unpaired) electrons. The van der Waals surface area contributed by atoms with E-state index in [4.69, 9.17) is 42.1 Å². The number of hydrogen-bond donors (Lipinski definition) is 3. The third kappa shape index (κ3) is 12.2. The van der Waals surface area contributed by atoms with Crippen molar-refractivity contribution >= 4 is 35.2 Å². The number of aromatic hydroxyl groups is 1. The number of aromatic nitrogens is 1. The number of carboxylic acid groups (broad SMARTS) is 1. The highest BCUT2D eigenvalue weighted by Crippen LogP contribution is 2.34. The summed E-state index contributed by atoms with van der Waals surface area (Å²) in [4.78, 5) is 31.9. The molecule has 53 heavy (non-hydrogen) atoms. The molecule has 11 nitrogen and oxygen atoms in total.